The highest BCUT2D eigenvalue weighted by molar-refractivity contribution is 7.13. The smallest absolute Gasteiger partial charge is 0.257 e. The molecule has 5 rings (SSSR count). The lowest BCUT2D eigenvalue weighted by molar-refractivity contribution is 0.0618. The highest BCUT2D eigenvalue weighted by atomic mass is 32.1. The zero-order chi connectivity index (χ0) is 21.2. The number of aryl methyl sites for hydroxylation is 1. The summed E-state index contributed by atoms with van der Waals surface area (Å²) in [5.74, 6) is 0.891. The second-order valence-corrected chi connectivity index (χ2v) is 8.60. The van der Waals surface area contributed by atoms with Crippen molar-refractivity contribution in [3.63, 3.8) is 0 Å². The van der Waals surface area contributed by atoms with Gasteiger partial charge >= 0.3 is 0 Å². The molecule has 0 N–H and O–H groups in total. The summed E-state index contributed by atoms with van der Waals surface area (Å²) >= 11 is 1.60. The Balaban J connectivity index is 1.35. The van der Waals surface area contributed by atoms with E-state index in [0.717, 1.165) is 47.3 Å². The predicted molar refractivity (Wildman–Crippen MR) is 119 cm³/mol. The van der Waals surface area contributed by atoms with Gasteiger partial charge < -0.3 is 9.42 Å². The Morgan fingerprint density at radius 3 is 2.58 bits per heavy atom. The average molecular weight is 434 g/mol. The first-order valence-electron chi connectivity index (χ1n) is 10.3. The summed E-state index contributed by atoms with van der Waals surface area (Å²) in [4.78, 5) is 18.7. The lowest BCUT2D eigenvalue weighted by Gasteiger charge is -2.34. The number of carbonyl (C=O) groups is 1. The summed E-state index contributed by atoms with van der Waals surface area (Å²) in [6.45, 7) is 5.58. The molecule has 158 valence electrons. The molecular weight excluding hydrogens is 410 g/mol. The zero-order valence-corrected chi connectivity index (χ0v) is 18.1. The van der Waals surface area contributed by atoms with Crippen LogP contribution in [0.4, 0.5) is 0 Å². The lowest BCUT2D eigenvalue weighted by Crippen LogP contribution is -2.48. The van der Waals surface area contributed by atoms with Crippen molar-refractivity contribution in [1.29, 1.82) is 0 Å². The van der Waals surface area contributed by atoms with E-state index < -0.39 is 0 Å². The van der Waals surface area contributed by atoms with E-state index in [1.807, 2.05) is 71.9 Å². The van der Waals surface area contributed by atoms with Crippen molar-refractivity contribution >= 4 is 17.2 Å². The van der Waals surface area contributed by atoms with Gasteiger partial charge in [0, 0.05) is 38.4 Å². The van der Waals surface area contributed by atoms with Crippen LogP contribution in [0, 0.1) is 6.92 Å². The molecule has 1 aliphatic rings. The molecule has 1 aromatic carbocycles. The molecule has 0 bridgehead atoms. The Morgan fingerprint density at radius 2 is 1.90 bits per heavy atom. The van der Waals surface area contributed by atoms with E-state index in [1.54, 1.807) is 16.0 Å². The minimum Gasteiger partial charge on any atom is -0.360 e. The van der Waals surface area contributed by atoms with Crippen LogP contribution in [0.3, 0.4) is 0 Å². The fraction of sp³-hybridized carbons (Fsp3) is 0.261. The topological polar surface area (TPSA) is 67.4 Å². The van der Waals surface area contributed by atoms with Gasteiger partial charge in [-0.1, -0.05) is 29.4 Å². The summed E-state index contributed by atoms with van der Waals surface area (Å²) in [7, 11) is 0. The molecule has 4 aromatic rings. The van der Waals surface area contributed by atoms with Crippen molar-refractivity contribution in [2.24, 2.45) is 0 Å². The minimum atomic E-state index is 0.0285. The van der Waals surface area contributed by atoms with Crippen molar-refractivity contribution in [2.45, 2.75) is 13.5 Å². The molecule has 31 heavy (non-hydrogen) atoms. The second-order valence-electron chi connectivity index (χ2n) is 7.65. The number of carbonyl (C=O) groups excluding carboxylic acids is 1. The van der Waals surface area contributed by atoms with Gasteiger partial charge in [0.2, 0.25) is 0 Å². The monoisotopic (exact) mass is 433 g/mol. The van der Waals surface area contributed by atoms with Gasteiger partial charge in [0.25, 0.3) is 5.91 Å². The zero-order valence-electron chi connectivity index (χ0n) is 17.3. The Bertz CT molecular complexity index is 1160. The molecule has 0 aliphatic carbocycles. The van der Waals surface area contributed by atoms with Crippen LogP contribution in [0.15, 0.2) is 64.6 Å². The van der Waals surface area contributed by atoms with E-state index >= 15 is 0 Å². The highest BCUT2D eigenvalue weighted by Gasteiger charge is 2.27. The standard InChI is InChI=1S/C23H23N5O2S/c1-17-14-19(30-25-17)15-26-9-11-27(12-10-26)23(29)20-16-28(18-6-3-2-4-7-18)24-22(20)21-8-5-13-31-21/h2-8,13-14,16H,9-12,15H2,1H3. The van der Waals surface area contributed by atoms with Crippen LogP contribution in [-0.4, -0.2) is 56.8 Å². The predicted octanol–water partition coefficient (Wildman–Crippen LogP) is 3.86. The van der Waals surface area contributed by atoms with Crippen molar-refractivity contribution in [3.8, 4) is 16.3 Å². The van der Waals surface area contributed by atoms with E-state index in [4.69, 9.17) is 9.62 Å². The Hall–Kier alpha value is -3.23. The molecule has 0 unspecified atom stereocenters. The molecule has 7 nitrogen and oxygen atoms in total. The number of piperazine rings is 1. The number of nitrogens with zero attached hydrogens (tertiary/aromatic N) is 5. The number of hydrogen-bond donors (Lipinski definition) is 0. The first kappa shape index (κ1) is 19.7. The third-order valence-electron chi connectivity index (χ3n) is 5.44. The first-order chi connectivity index (χ1) is 15.2. The Labute approximate surface area is 184 Å². The third kappa shape index (κ3) is 4.17. The number of amides is 1. The molecule has 0 saturated carbocycles. The molecule has 1 aliphatic heterocycles. The molecule has 0 spiro atoms. The normalized spacial score (nSPS) is 14.8. The van der Waals surface area contributed by atoms with Crippen LogP contribution in [0.1, 0.15) is 21.8 Å². The summed E-state index contributed by atoms with van der Waals surface area (Å²) in [5, 5.41) is 10.7. The van der Waals surface area contributed by atoms with Gasteiger partial charge in [0.15, 0.2) is 5.76 Å². The number of hydrogen-bond acceptors (Lipinski definition) is 6. The Morgan fingerprint density at radius 1 is 1.10 bits per heavy atom. The largest absolute Gasteiger partial charge is 0.360 e. The molecule has 8 heteroatoms. The van der Waals surface area contributed by atoms with Gasteiger partial charge in [0.1, 0.15) is 5.69 Å². The molecule has 0 atom stereocenters. The van der Waals surface area contributed by atoms with Crippen molar-refractivity contribution < 1.29 is 9.32 Å². The van der Waals surface area contributed by atoms with Crippen molar-refractivity contribution in [2.75, 3.05) is 26.2 Å². The fourth-order valence-corrected chi connectivity index (χ4v) is 4.55. The number of thiophene rings is 1. The minimum absolute atomic E-state index is 0.0285. The molecule has 1 fully saturated rings. The summed E-state index contributed by atoms with van der Waals surface area (Å²) in [6, 6.07) is 15.8. The molecule has 3 aromatic heterocycles. The van der Waals surface area contributed by atoms with Crippen LogP contribution in [-0.2, 0) is 6.54 Å². The van der Waals surface area contributed by atoms with Crippen molar-refractivity contribution in [3.05, 3.63) is 77.1 Å². The van der Waals surface area contributed by atoms with E-state index in [9.17, 15) is 4.79 Å². The number of benzene rings is 1. The average Bonchev–Trinajstić information content (AvgIpc) is 3.55. The lowest BCUT2D eigenvalue weighted by atomic mass is 10.1. The quantitative estimate of drug-likeness (QED) is 0.478. The van der Waals surface area contributed by atoms with Crippen LogP contribution in [0.5, 0.6) is 0 Å². The van der Waals surface area contributed by atoms with Crippen LogP contribution < -0.4 is 0 Å². The number of rotatable bonds is 5. The summed E-state index contributed by atoms with van der Waals surface area (Å²) in [6.07, 6.45) is 1.86. The van der Waals surface area contributed by atoms with Gasteiger partial charge in [-0.2, -0.15) is 5.10 Å². The van der Waals surface area contributed by atoms with Crippen molar-refractivity contribution in [1.82, 2.24) is 24.7 Å². The maximum absolute atomic E-state index is 13.5. The molecule has 1 saturated heterocycles. The van der Waals surface area contributed by atoms with Gasteiger partial charge in [-0.25, -0.2) is 4.68 Å². The Kier molecular flexibility index (Phi) is 5.40. The van der Waals surface area contributed by atoms with Gasteiger partial charge in [-0.3, -0.25) is 9.69 Å². The summed E-state index contributed by atoms with van der Waals surface area (Å²) < 4.78 is 7.13. The summed E-state index contributed by atoms with van der Waals surface area (Å²) in [5.41, 5.74) is 3.21. The van der Waals surface area contributed by atoms with E-state index in [1.165, 1.54) is 0 Å². The second kappa shape index (κ2) is 8.49. The van der Waals surface area contributed by atoms with E-state index in [-0.39, 0.29) is 5.91 Å². The molecular formula is C23H23N5O2S. The maximum Gasteiger partial charge on any atom is 0.257 e. The SMILES string of the molecule is Cc1cc(CN2CCN(C(=O)c3cn(-c4ccccc4)nc3-c3cccs3)CC2)on1. The van der Waals surface area contributed by atoms with Gasteiger partial charge in [0.05, 0.1) is 28.4 Å². The van der Waals surface area contributed by atoms with Crippen LogP contribution in [0.25, 0.3) is 16.3 Å². The van der Waals surface area contributed by atoms with Gasteiger partial charge in [-0.05, 0) is 30.5 Å². The molecule has 0 radical (unpaired) electrons. The first-order valence-corrected chi connectivity index (χ1v) is 11.2. The molecule has 1 amide bonds. The number of para-hydroxylation sites is 1. The maximum atomic E-state index is 13.5. The third-order valence-corrected chi connectivity index (χ3v) is 6.31. The fourth-order valence-electron chi connectivity index (χ4n) is 3.83. The van der Waals surface area contributed by atoms with Crippen LogP contribution in [0.2, 0.25) is 0 Å². The molecule has 4 heterocycles. The van der Waals surface area contributed by atoms with E-state index in [0.29, 0.717) is 18.7 Å². The van der Waals surface area contributed by atoms with E-state index in [2.05, 4.69) is 10.1 Å². The number of aromatic nitrogens is 3. The highest BCUT2D eigenvalue weighted by Crippen LogP contribution is 2.29. The van der Waals surface area contributed by atoms with Crippen LogP contribution >= 0.6 is 11.3 Å². The van der Waals surface area contributed by atoms with Gasteiger partial charge in [-0.15, -0.1) is 11.3 Å².